The first-order chi connectivity index (χ1) is 14.2. The minimum atomic E-state index is -0.871. The van der Waals surface area contributed by atoms with Gasteiger partial charge < -0.3 is 4.74 Å². The van der Waals surface area contributed by atoms with Gasteiger partial charge in [-0.15, -0.1) is 0 Å². The third-order valence-corrected chi connectivity index (χ3v) is 5.20. The zero-order chi connectivity index (χ0) is 20.1. The van der Waals surface area contributed by atoms with Crippen LogP contribution in [0, 0.1) is 0 Å². The number of carbonyl (C=O) groups is 2. The largest absolute Gasteiger partial charge is 0.438 e. The Kier molecular flexibility index (Phi) is 5.25. The number of ether oxygens (including phenoxy) is 1. The quantitative estimate of drug-likeness (QED) is 0.680. The third kappa shape index (κ3) is 3.97. The summed E-state index contributed by atoms with van der Waals surface area (Å²) in [4.78, 5) is 24.9. The van der Waals surface area contributed by atoms with Crippen molar-refractivity contribution in [1.82, 2.24) is 0 Å². The molecular weight excluding hydrogens is 362 g/mol. The molecule has 3 aromatic rings. The molecule has 1 aliphatic rings. The lowest BCUT2D eigenvalue weighted by atomic mass is 9.68. The molecule has 3 aromatic carbocycles. The van der Waals surface area contributed by atoms with Crippen molar-refractivity contribution in [2.45, 2.75) is 17.9 Å². The van der Waals surface area contributed by atoms with Crippen LogP contribution < -0.4 is 5.32 Å². The van der Waals surface area contributed by atoms with Gasteiger partial charge in [0.1, 0.15) is 0 Å². The van der Waals surface area contributed by atoms with Crippen molar-refractivity contribution >= 4 is 17.6 Å². The number of allylic oxidation sites excluding steroid dienone is 1. The van der Waals surface area contributed by atoms with E-state index < -0.39 is 17.6 Å². The summed E-state index contributed by atoms with van der Waals surface area (Å²) in [7, 11) is 0. The fourth-order valence-electron chi connectivity index (χ4n) is 3.76. The summed E-state index contributed by atoms with van der Waals surface area (Å²) in [6, 6.07) is 29.0. The maximum atomic E-state index is 12.5. The van der Waals surface area contributed by atoms with Crippen LogP contribution in [-0.2, 0) is 14.9 Å². The highest BCUT2D eigenvalue weighted by molar-refractivity contribution is 5.97. The van der Waals surface area contributed by atoms with Gasteiger partial charge >= 0.3 is 6.09 Å². The van der Waals surface area contributed by atoms with E-state index >= 15 is 0 Å². The first kappa shape index (κ1) is 18.7. The molecule has 4 heteroatoms. The number of hydrogen-bond acceptors (Lipinski definition) is 3. The van der Waals surface area contributed by atoms with Crippen LogP contribution in [0.1, 0.15) is 17.5 Å². The molecule has 4 rings (SSSR count). The van der Waals surface area contributed by atoms with E-state index in [0.717, 1.165) is 11.1 Å². The molecule has 0 spiro atoms. The van der Waals surface area contributed by atoms with Gasteiger partial charge in [-0.2, -0.15) is 0 Å². The topological polar surface area (TPSA) is 55.4 Å². The molecule has 0 radical (unpaired) electrons. The number of carbonyl (C=O) groups excluding carboxylic acids is 2. The number of nitrogens with one attached hydrogen (secondary N) is 1. The normalized spacial score (nSPS) is 17.5. The van der Waals surface area contributed by atoms with E-state index in [-0.39, 0.29) is 5.78 Å². The number of anilines is 1. The van der Waals surface area contributed by atoms with E-state index in [1.54, 1.807) is 12.1 Å². The van der Waals surface area contributed by atoms with E-state index in [0.29, 0.717) is 12.1 Å². The van der Waals surface area contributed by atoms with Crippen molar-refractivity contribution in [2.24, 2.45) is 0 Å². The van der Waals surface area contributed by atoms with Crippen LogP contribution in [0.15, 0.2) is 103 Å². The summed E-state index contributed by atoms with van der Waals surface area (Å²) < 4.78 is 5.55. The minimum absolute atomic E-state index is 0.212. The Morgan fingerprint density at radius 3 is 1.90 bits per heavy atom. The monoisotopic (exact) mass is 383 g/mol. The third-order valence-electron chi connectivity index (χ3n) is 5.20. The molecule has 0 aliphatic heterocycles. The smallest absolute Gasteiger partial charge is 0.412 e. The molecule has 0 aromatic heterocycles. The Labute approximate surface area is 169 Å². The van der Waals surface area contributed by atoms with Crippen LogP contribution in [-0.4, -0.2) is 18.0 Å². The number of amides is 1. The van der Waals surface area contributed by atoms with Crippen LogP contribution in [0.25, 0.3) is 0 Å². The lowest BCUT2D eigenvalue weighted by Crippen LogP contribution is -2.40. The lowest BCUT2D eigenvalue weighted by molar-refractivity contribution is -0.123. The molecule has 0 saturated carbocycles. The number of benzene rings is 3. The van der Waals surface area contributed by atoms with Crippen molar-refractivity contribution < 1.29 is 14.3 Å². The van der Waals surface area contributed by atoms with Crippen LogP contribution in [0.4, 0.5) is 10.5 Å². The summed E-state index contributed by atoms with van der Waals surface area (Å²) in [5, 5.41) is 2.68. The molecule has 0 saturated heterocycles. The van der Waals surface area contributed by atoms with Gasteiger partial charge in [-0.25, -0.2) is 4.79 Å². The average Bonchev–Trinajstić information content (AvgIpc) is 2.77. The van der Waals surface area contributed by atoms with E-state index in [4.69, 9.17) is 4.74 Å². The predicted octanol–water partition coefficient (Wildman–Crippen LogP) is 5.12. The SMILES string of the molecule is O=C(Nc1ccccc1)OC1CC(c2ccccc2)(c2ccccc2)C=CC1=O. The number of ketones is 1. The molecule has 29 heavy (non-hydrogen) atoms. The summed E-state index contributed by atoms with van der Waals surface area (Å²) in [6.45, 7) is 0. The first-order valence-electron chi connectivity index (χ1n) is 9.54. The summed E-state index contributed by atoms with van der Waals surface area (Å²) in [6.07, 6.45) is 2.29. The zero-order valence-electron chi connectivity index (χ0n) is 15.8. The van der Waals surface area contributed by atoms with Crippen LogP contribution in [0.3, 0.4) is 0 Å². The van der Waals surface area contributed by atoms with Gasteiger partial charge in [0.15, 0.2) is 11.9 Å². The van der Waals surface area contributed by atoms with Gasteiger partial charge in [-0.05, 0) is 29.3 Å². The molecule has 1 amide bonds. The summed E-state index contributed by atoms with van der Waals surface area (Å²) >= 11 is 0. The molecule has 0 fully saturated rings. The molecule has 1 aliphatic carbocycles. The van der Waals surface area contributed by atoms with Gasteiger partial charge in [0.2, 0.25) is 0 Å². The van der Waals surface area contributed by atoms with Gasteiger partial charge in [0.25, 0.3) is 0 Å². The molecule has 144 valence electrons. The summed E-state index contributed by atoms with van der Waals surface area (Å²) in [5.74, 6) is -0.212. The molecular formula is C25H21NO3. The van der Waals surface area contributed by atoms with Crippen LogP contribution in [0.2, 0.25) is 0 Å². The first-order valence-corrected chi connectivity index (χ1v) is 9.54. The van der Waals surface area contributed by atoms with Gasteiger partial charge in [0.05, 0.1) is 0 Å². The Morgan fingerprint density at radius 1 is 0.828 bits per heavy atom. The van der Waals surface area contributed by atoms with Crippen molar-refractivity contribution in [3.63, 3.8) is 0 Å². The van der Waals surface area contributed by atoms with E-state index in [1.807, 2.05) is 84.9 Å². The van der Waals surface area contributed by atoms with Gasteiger partial charge in [0, 0.05) is 17.5 Å². The number of para-hydroxylation sites is 1. The van der Waals surface area contributed by atoms with Crippen molar-refractivity contribution in [1.29, 1.82) is 0 Å². The fraction of sp³-hybridized carbons (Fsp3) is 0.120. The summed E-state index contributed by atoms with van der Waals surface area (Å²) in [5.41, 5.74) is 2.17. The Morgan fingerprint density at radius 2 is 1.34 bits per heavy atom. The Hall–Kier alpha value is -3.66. The number of hydrogen-bond donors (Lipinski definition) is 1. The molecule has 0 bridgehead atoms. The average molecular weight is 383 g/mol. The van der Waals surface area contributed by atoms with E-state index in [9.17, 15) is 9.59 Å². The molecule has 4 nitrogen and oxygen atoms in total. The lowest BCUT2D eigenvalue weighted by Gasteiger charge is -2.37. The second kappa shape index (κ2) is 8.15. The maximum Gasteiger partial charge on any atom is 0.412 e. The van der Waals surface area contributed by atoms with Gasteiger partial charge in [-0.1, -0.05) is 84.9 Å². The standard InChI is InChI=1S/C25H21NO3/c27-22-16-17-25(19-10-4-1-5-11-19,20-12-6-2-7-13-20)18-23(22)29-24(28)26-21-14-8-3-9-15-21/h1-17,23H,18H2,(H,26,28). The predicted molar refractivity (Wildman–Crippen MR) is 113 cm³/mol. The highest BCUT2D eigenvalue weighted by Crippen LogP contribution is 2.41. The molecule has 1 unspecified atom stereocenters. The second-order valence-electron chi connectivity index (χ2n) is 7.03. The zero-order valence-corrected chi connectivity index (χ0v) is 15.8. The minimum Gasteiger partial charge on any atom is -0.438 e. The Balaban J connectivity index is 1.63. The van der Waals surface area contributed by atoms with Crippen molar-refractivity contribution in [2.75, 3.05) is 5.32 Å². The van der Waals surface area contributed by atoms with E-state index in [1.165, 1.54) is 6.08 Å². The fourth-order valence-corrected chi connectivity index (χ4v) is 3.76. The highest BCUT2D eigenvalue weighted by atomic mass is 16.6. The van der Waals surface area contributed by atoms with Crippen LogP contribution >= 0.6 is 0 Å². The second-order valence-corrected chi connectivity index (χ2v) is 7.03. The molecule has 1 N–H and O–H groups in total. The van der Waals surface area contributed by atoms with Crippen LogP contribution in [0.5, 0.6) is 0 Å². The number of rotatable bonds is 4. The molecule has 1 atom stereocenters. The maximum absolute atomic E-state index is 12.5. The molecule has 0 heterocycles. The van der Waals surface area contributed by atoms with Gasteiger partial charge in [-0.3, -0.25) is 10.1 Å². The van der Waals surface area contributed by atoms with Crippen molar-refractivity contribution in [3.8, 4) is 0 Å². The Bertz CT molecular complexity index is 974. The van der Waals surface area contributed by atoms with Crippen molar-refractivity contribution in [3.05, 3.63) is 114 Å². The highest BCUT2D eigenvalue weighted by Gasteiger charge is 2.41. The van der Waals surface area contributed by atoms with E-state index in [2.05, 4.69) is 5.32 Å².